The number of amides is 10. The molecule has 0 spiro atoms. The summed E-state index contributed by atoms with van der Waals surface area (Å²) in [4.78, 5) is 169. The minimum Gasteiger partial charge on any atom is -0.477 e. The first-order valence-corrected chi connectivity index (χ1v) is 27.7. The average Bonchev–Trinajstić information content (AvgIpc) is 3.39. The normalized spacial score (nSPS) is 16.4. The van der Waals surface area contributed by atoms with Crippen LogP contribution in [-0.4, -0.2) is 129 Å². The van der Waals surface area contributed by atoms with E-state index in [1.807, 2.05) is 16.0 Å². The van der Waals surface area contributed by atoms with Crippen LogP contribution in [0.25, 0.3) is 21.8 Å². The maximum absolute atomic E-state index is 13.9. The highest BCUT2D eigenvalue weighted by Gasteiger charge is 2.31. The molecule has 1 aliphatic rings. The Morgan fingerprint density at radius 2 is 1.31 bits per heavy atom. The predicted molar refractivity (Wildman–Crippen MR) is 306 cm³/mol. The van der Waals surface area contributed by atoms with Gasteiger partial charge in [0.1, 0.15) is 62.8 Å². The number of aliphatic hydroxyl groups is 2. The molecule has 0 fully saturated rings. The number of carboxylic acids is 1. The SMILES string of the molecule is C=C(NC(=O)C(=C)NC(=O)C(=C)NC(=O)C(=C)NC(=O)c1cc2c(cn1)-c1coc(n1)C(=O)NC(=O)C(=C)NC(=O)c1csc(c1)C(C)NC(=O)c1csc(n1)CNC(=O)c1coc(n1)C(CCC)=NC(O)C(C(C)O)NC(=O)c1csc-2n1)C(=O)O. The van der Waals surface area contributed by atoms with Gasteiger partial charge < -0.3 is 66.7 Å². The molecule has 31 nitrogen and oxygen atoms in total. The number of aromatic nitrogens is 5. The van der Waals surface area contributed by atoms with Crippen LogP contribution in [0.5, 0.6) is 0 Å². The van der Waals surface area contributed by atoms with E-state index in [0.717, 1.165) is 58.8 Å². The second kappa shape index (κ2) is 27.7. The van der Waals surface area contributed by atoms with E-state index >= 15 is 0 Å². The number of aliphatic imine (C=N–C) groups is 1. The second-order valence-corrected chi connectivity index (χ2v) is 20.9. The molecule has 0 aliphatic carbocycles. The fourth-order valence-corrected chi connectivity index (χ4v) is 9.63. The number of hydrogen-bond donors (Lipinski definition) is 12. The van der Waals surface area contributed by atoms with Gasteiger partial charge >= 0.3 is 11.9 Å². The van der Waals surface area contributed by atoms with Crippen molar-refractivity contribution >= 4 is 105 Å². The molecule has 0 aromatic carbocycles. The Labute approximate surface area is 502 Å². The van der Waals surface area contributed by atoms with Crippen LogP contribution in [0.2, 0.25) is 0 Å². The molecule has 0 saturated heterocycles. The molecule has 1 aliphatic heterocycles. The molecule has 10 bridgehead atoms. The van der Waals surface area contributed by atoms with E-state index in [1.165, 1.54) is 29.1 Å². The van der Waals surface area contributed by atoms with Gasteiger partial charge in [-0.3, -0.25) is 63.2 Å². The number of carboxylic acid groups (broad SMARTS) is 1. The van der Waals surface area contributed by atoms with Crippen LogP contribution in [0.15, 0.2) is 122 Å². The molecule has 10 amide bonds. The number of hydrogen-bond acceptors (Lipinski definition) is 24. The number of pyridine rings is 1. The smallest absolute Gasteiger partial charge is 0.351 e. The van der Waals surface area contributed by atoms with E-state index in [1.54, 1.807) is 13.8 Å². The summed E-state index contributed by atoms with van der Waals surface area (Å²) in [5.74, 6) is -12.4. The topological polar surface area (TPSA) is 460 Å². The number of oxazole rings is 2. The summed E-state index contributed by atoms with van der Waals surface area (Å²) in [6.45, 7) is 21.5. The number of carbonyl (C=O) groups excluding carboxylic acids is 10. The van der Waals surface area contributed by atoms with E-state index in [4.69, 9.17) is 13.9 Å². The molecule has 6 aromatic heterocycles. The van der Waals surface area contributed by atoms with Gasteiger partial charge in [0.15, 0.2) is 11.9 Å². The Hall–Kier alpha value is -10.8. The van der Waals surface area contributed by atoms with Gasteiger partial charge in [-0.2, -0.15) is 0 Å². The van der Waals surface area contributed by atoms with E-state index in [-0.39, 0.29) is 69.0 Å². The molecule has 450 valence electrons. The third-order valence-electron chi connectivity index (χ3n) is 11.7. The highest BCUT2D eigenvalue weighted by molar-refractivity contribution is 7.13. The van der Waals surface area contributed by atoms with Gasteiger partial charge in [0, 0.05) is 38.3 Å². The van der Waals surface area contributed by atoms with Crippen LogP contribution in [-0.2, 0) is 30.5 Å². The number of thiophene rings is 1. The minimum atomic E-state index is -1.86. The third kappa shape index (κ3) is 15.9. The number of nitrogens with one attached hydrogen (secondary N) is 9. The molecule has 6 aromatic rings. The van der Waals surface area contributed by atoms with Crippen molar-refractivity contribution in [2.75, 3.05) is 0 Å². The Kier molecular flexibility index (Phi) is 20.3. The van der Waals surface area contributed by atoms with Crippen LogP contribution in [0.1, 0.15) is 118 Å². The second-order valence-electron chi connectivity index (χ2n) is 18.2. The van der Waals surface area contributed by atoms with E-state index in [0.29, 0.717) is 16.3 Å². The van der Waals surface area contributed by atoms with Crippen molar-refractivity contribution < 1.29 is 76.9 Å². The lowest BCUT2D eigenvalue weighted by Crippen LogP contribution is -2.49. The lowest BCUT2D eigenvalue weighted by atomic mass is 10.1. The zero-order valence-electron chi connectivity index (χ0n) is 45.6. The lowest BCUT2D eigenvalue weighted by molar-refractivity contribution is -0.134. The first-order chi connectivity index (χ1) is 41.2. The Morgan fingerprint density at radius 3 is 1.98 bits per heavy atom. The minimum absolute atomic E-state index is 0.0173. The van der Waals surface area contributed by atoms with Crippen molar-refractivity contribution in [2.45, 2.75) is 64.6 Å². The molecule has 34 heteroatoms. The molecule has 7 rings (SSSR count). The van der Waals surface area contributed by atoms with Crippen molar-refractivity contribution in [1.29, 1.82) is 0 Å². The number of aliphatic carboxylic acids is 1. The van der Waals surface area contributed by atoms with Gasteiger partial charge in [0.05, 0.1) is 47.0 Å². The van der Waals surface area contributed by atoms with Crippen LogP contribution in [0.4, 0.5) is 0 Å². The largest absolute Gasteiger partial charge is 0.477 e. The summed E-state index contributed by atoms with van der Waals surface area (Å²) in [7, 11) is 0. The zero-order valence-corrected chi connectivity index (χ0v) is 48.1. The molecular formula is C53H49N15O16S3. The standard InChI is InChI=1S/C53H49N15O16S3/c1-9-10-30-50-65-33(16-83-50)44(75)55-14-37-62-34(18-86-37)46(77)56-20(2)36-11-27(17-85-36)43(74)59-24(6)42(73)68-49(80)51-64-32(15-84-51)29-13-54-31(12-28(29)52-66-35(19-87-52)47(78)67-38(26(8)69)48(79)63-30)45(76)60-23(5)40(71)57-21(3)39(70)58-22(4)41(72)61-25(7)53(81)82/h11-13,15-20,26,38,48,69,79H,3-7,9-10,14H2,1-2,8H3,(H,55,75)(H,56,77)(H,57,71)(H,58,70)(H,59,74)(H,60,76)(H,61,72)(H,67,78)(H,81,82)(H,68,73,80). The quantitative estimate of drug-likeness (QED) is 0.0611. The Morgan fingerprint density at radius 1 is 0.701 bits per heavy atom. The monoisotopic (exact) mass is 1250 g/mol. The van der Waals surface area contributed by atoms with Crippen molar-refractivity contribution in [3.05, 3.63) is 158 Å². The molecule has 7 heterocycles. The molecule has 12 N–H and O–H groups in total. The summed E-state index contributed by atoms with van der Waals surface area (Å²) in [6.07, 6.45) is 0.354. The van der Waals surface area contributed by atoms with E-state index in [9.17, 15) is 63.0 Å². The van der Waals surface area contributed by atoms with Crippen LogP contribution < -0.4 is 47.9 Å². The zero-order chi connectivity index (χ0) is 63.6. The maximum Gasteiger partial charge on any atom is 0.351 e. The van der Waals surface area contributed by atoms with Gasteiger partial charge in [0.2, 0.25) is 5.89 Å². The van der Waals surface area contributed by atoms with E-state index < -0.39 is 130 Å². The van der Waals surface area contributed by atoms with Gasteiger partial charge in [-0.15, -0.1) is 34.0 Å². The van der Waals surface area contributed by atoms with Gasteiger partial charge in [0.25, 0.3) is 59.1 Å². The first-order valence-electron chi connectivity index (χ1n) is 25.0. The molecular weight excluding hydrogens is 1200 g/mol. The van der Waals surface area contributed by atoms with Crippen molar-refractivity contribution in [3.63, 3.8) is 0 Å². The number of thiazole rings is 2. The highest BCUT2D eigenvalue weighted by Crippen LogP contribution is 2.34. The third-order valence-corrected chi connectivity index (χ3v) is 14.6. The summed E-state index contributed by atoms with van der Waals surface area (Å²) in [5, 5.41) is 56.1. The number of aliphatic hydroxyl groups excluding tert-OH is 2. The van der Waals surface area contributed by atoms with Crippen molar-refractivity contribution in [3.8, 4) is 21.8 Å². The van der Waals surface area contributed by atoms with Crippen LogP contribution >= 0.6 is 34.0 Å². The van der Waals surface area contributed by atoms with Crippen molar-refractivity contribution in [2.24, 2.45) is 4.99 Å². The molecule has 4 atom stereocenters. The molecule has 0 saturated carbocycles. The number of fused-ring (bicyclic) bond motifs is 13. The molecule has 4 unspecified atom stereocenters. The average molecular weight is 1250 g/mol. The number of carbonyl (C=O) groups is 11. The number of imide groups is 1. The van der Waals surface area contributed by atoms with Gasteiger partial charge in [-0.25, -0.2) is 24.7 Å². The molecule has 0 radical (unpaired) electrons. The van der Waals surface area contributed by atoms with Crippen LogP contribution in [0.3, 0.4) is 0 Å². The number of nitrogens with zero attached hydrogens (tertiary/aromatic N) is 6. The van der Waals surface area contributed by atoms with Gasteiger partial charge in [-0.1, -0.05) is 46.2 Å². The highest BCUT2D eigenvalue weighted by atomic mass is 32.1. The Bertz CT molecular complexity index is 3920. The number of rotatable bonds is 12. The lowest BCUT2D eigenvalue weighted by Gasteiger charge is -2.24. The Balaban J connectivity index is 1.17. The van der Waals surface area contributed by atoms with Crippen LogP contribution in [0, 0.1) is 0 Å². The fraction of sp³-hybridized carbons (Fsp3) is 0.189. The maximum atomic E-state index is 13.9. The summed E-state index contributed by atoms with van der Waals surface area (Å²) < 4.78 is 11.0. The first kappa shape index (κ1) is 63.8. The molecule has 87 heavy (non-hydrogen) atoms. The predicted octanol–water partition coefficient (Wildman–Crippen LogP) is 1.61. The van der Waals surface area contributed by atoms with E-state index in [2.05, 4.69) is 94.7 Å². The van der Waals surface area contributed by atoms with Crippen molar-refractivity contribution in [1.82, 2.24) is 72.8 Å². The summed E-state index contributed by atoms with van der Waals surface area (Å²) in [6, 6.07) is 0.440. The summed E-state index contributed by atoms with van der Waals surface area (Å²) >= 11 is 3.03. The summed E-state index contributed by atoms with van der Waals surface area (Å²) in [5.41, 5.74) is -4.28. The fourth-order valence-electron chi connectivity index (χ4n) is 7.19. The van der Waals surface area contributed by atoms with Gasteiger partial charge in [-0.05, 0) is 32.4 Å².